The molecule has 1 aliphatic rings. The van der Waals surface area contributed by atoms with Crippen molar-refractivity contribution < 1.29 is 0 Å². The van der Waals surface area contributed by atoms with Crippen molar-refractivity contribution in [3.63, 3.8) is 0 Å². The molecule has 1 fully saturated rings. The van der Waals surface area contributed by atoms with E-state index < -0.39 is 0 Å². The summed E-state index contributed by atoms with van der Waals surface area (Å²) in [6, 6.07) is 11.0. The minimum absolute atomic E-state index is 0.738. The second-order valence-electron chi connectivity index (χ2n) is 5.97. The third-order valence-electron chi connectivity index (χ3n) is 4.65. The summed E-state index contributed by atoms with van der Waals surface area (Å²) < 4.78 is 0. The second-order valence-corrected chi connectivity index (χ2v) is 5.97. The first-order valence-electron chi connectivity index (χ1n) is 8.53. The van der Waals surface area contributed by atoms with Crippen LogP contribution in [0.3, 0.4) is 0 Å². The SMILES string of the molecule is CCN(CC)CCNCCN1CCC(c2ccccc2)C1. The summed E-state index contributed by atoms with van der Waals surface area (Å²) in [5.41, 5.74) is 1.51. The molecule has 0 aromatic heterocycles. The van der Waals surface area contributed by atoms with E-state index in [1.165, 1.54) is 38.2 Å². The highest BCUT2D eigenvalue weighted by Gasteiger charge is 2.22. The van der Waals surface area contributed by atoms with E-state index in [9.17, 15) is 0 Å². The van der Waals surface area contributed by atoms with Crippen LogP contribution in [0.5, 0.6) is 0 Å². The minimum Gasteiger partial charge on any atom is -0.314 e. The maximum Gasteiger partial charge on any atom is 0.0107 e. The van der Waals surface area contributed by atoms with Gasteiger partial charge in [-0.1, -0.05) is 44.2 Å². The van der Waals surface area contributed by atoms with Crippen LogP contribution in [-0.2, 0) is 0 Å². The Hall–Kier alpha value is -0.900. The molecule has 1 atom stereocenters. The molecule has 2 rings (SSSR count). The van der Waals surface area contributed by atoms with Gasteiger partial charge in [0.15, 0.2) is 0 Å². The molecule has 3 nitrogen and oxygen atoms in total. The molecule has 0 amide bonds. The number of likely N-dealkylation sites (N-methyl/N-ethyl adjacent to an activating group) is 1. The lowest BCUT2D eigenvalue weighted by atomic mass is 9.99. The summed E-state index contributed by atoms with van der Waals surface area (Å²) in [5.74, 6) is 0.738. The van der Waals surface area contributed by atoms with Crippen molar-refractivity contribution in [3.05, 3.63) is 35.9 Å². The van der Waals surface area contributed by atoms with Crippen LogP contribution < -0.4 is 5.32 Å². The molecule has 1 heterocycles. The van der Waals surface area contributed by atoms with Gasteiger partial charge in [0.1, 0.15) is 0 Å². The molecular formula is C18H31N3. The summed E-state index contributed by atoms with van der Waals surface area (Å²) in [7, 11) is 0. The average Bonchev–Trinajstić information content (AvgIpc) is 3.01. The van der Waals surface area contributed by atoms with E-state index in [0.29, 0.717) is 0 Å². The lowest BCUT2D eigenvalue weighted by Gasteiger charge is -2.19. The molecule has 3 heteroatoms. The molecular weight excluding hydrogens is 258 g/mol. The van der Waals surface area contributed by atoms with Crippen LogP contribution in [0.15, 0.2) is 30.3 Å². The zero-order chi connectivity index (χ0) is 14.9. The largest absolute Gasteiger partial charge is 0.314 e. The molecule has 118 valence electrons. The molecule has 1 aromatic rings. The van der Waals surface area contributed by atoms with Crippen LogP contribution in [-0.4, -0.2) is 62.2 Å². The summed E-state index contributed by atoms with van der Waals surface area (Å²) in [6.07, 6.45) is 1.31. The van der Waals surface area contributed by atoms with E-state index in [-0.39, 0.29) is 0 Å². The van der Waals surface area contributed by atoms with Crippen molar-refractivity contribution in [2.75, 3.05) is 52.4 Å². The smallest absolute Gasteiger partial charge is 0.0107 e. The second kappa shape index (κ2) is 9.19. The Morgan fingerprint density at radius 1 is 1.14 bits per heavy atom. The lowest BCUT2D eigenvalue weighted by Crippen LogP contribution is -2.36. The first-order chi connectivity index (χ1) is 10.3. The van der Waals surface area contributed by atoms with Gasteiger partial charge in [0.25, 0.3) is 0 Å². The van der Waals surface area contributed by atoms with Crippen LogP contribution in [0.4, 0.5) is 0 Å². The molecule has 0 bridgehead atoms. The predicted molar refractivity (Wildman–Crippen MR) is 90.9 cm³/mol. The van der Waals surface area contributed by atoms with Gasteiger partial charge in [0.05, 0.1) is 0 Å². The minimum atomic E-state index is 0.738. The summed E-state index contributed by atoms with van der Waals surface area (Å²) in [5, 5.41) is 3.58. The fraction of sp³-hybridized carbons (Fsp3) is 0.667. The quantitative estimate of drug-likeness (QED) is 0.704. The molecule has 1 saturated heterocycles. The number of nitrogens with zero attached hydrogens (tertiary/aromatic N) is 2. The number of rotatable bonds is 9. The molecule has 0 aliphatic carbocycles. The molecule has 1 aromatic carbocycles. The normalized spacial score (nSPS) is 19.5. The Morgan fingerprint density at radius 2 is 1.90 bits per heavy atom. The topological polar surface area (TPSA) is 18.5 Å². The third kappa shape index (κ3) is 5.42. The van der Waals surface area contributed by atoms with Gasteiger partial charge in [-0.3, -0.25) is 0 Å². The fourth-order valence-corrected chi connectivity index (χ4v) is 3.17. The van der Waals surface area contributed by atoms with Crippen molar-refractivity contribution in [1.29, 1.82) is 0 Å². The molecule has 21 heavy (non-hydrogen) atoms. The van der Waals surface area contributed by atoms with E-state index in [1.807, 2.05) is 0 Å². The highest BCUT2D eigenvalue weighted by molar-refractivity contribution is 5.20. The van der Waals surface area contributed by atoms with E-state index in [4.69, 9.17) is 0 Å². The lowest BCUT2D eigenvalue weighted by molar-refractivity contribution is 0.292. The number of nitrogens with one attached hydrogen (secondary N) is 1. The van der Waals surface area contributed by atoms with Crippen LogP contribution in [0.2, 0.25) is 0 Å². The van der Waals surface area contributed by atoms with Crippen LogP contribution >= 0.6 is 0 Å². The van der Waals surface area contributed by atoms with Gasteiger partial charge in [0, 0.05) is 32.7 Å². The van der Waals surface area contributed by atoms with Crippen LogP contribution in [0.25, 0.3) is 0 Å². The Bertz CT molecular complexity index is 375. The fourth-order valence-electron chi connectivity index (χ4n) is 3.17. The predicted octanol–water partition coefficient (Wildman–Crippen LogP) is 2.41. The number of hydrogen-bond acceptors (Lipinski definition) is 3. The van der Waals surface area contributed by atoms with Crippen LogP contribution in [0.1, 0.15) is 31.7 Å². The maximum absolute atomic E-state index is 3.58. The van der Waals surface area contributed by atoms with Gasteiger partial charge < -0.3 is 15.1 Å². The zero-order valence-corrected chi connectivity index (χ0v) is 13.7. The van der Waals surface area contributed by atoms with Gasteiger partial charge in [-0.15, -0.1) is 0 Å². The van der Waals surface area contributed by atoms with E-state index in [0.717, 1.165) is 32.1 Å². The summed E-state index contributed by atoms with van der Waals surface area (Å²) in [4.78, 5) is 5.07. The molecule has 0 saturated carbocycles. The Balaban J connectivity index is 1.58. The van der Waals surface area contributed by atoms with E-state index in [2.05, 4.69) is 59.3 Å². The van der Waals surface area contributed by atoms with Crippen molar-refractivity contribution in [1.82, 2.24) is 15.1 Å². The summed E-state index contributed by atoms with van der Waals surface area (Å²) in [6.45, 7) is 13.8. The summed E-state index contributed by atoms with van der Waals surface area (Å²) >= 11 is 0. The molecule has 1 unspecified atom stereocenters. The maximum atomic E-state index is 3.58. The van der Waals surface area contributed by atoms with Crippen molar-refractivity contribution in [2.45, 2.75) is 26.2 Å². The van der Waals surface area contributed by atoms with Gasteiger partial charge in [-0.2, -0.15) is 0 Å². The van der Waals surface area contributed by atoms with Crippen LogP contribution in [0, 0.1) is 0 Å². The van der Waals surface area contributed by atoms with Gasteiger partial charge in [0.2, 0.25) is 0 Å². The van der Waals surface area contributed by atoms with Gasteiger partial charge in [-0.25, -0.2) is 0 Å². The highest BCUT2D eigenvalue weighted by atomic mass is 15.2. The number of hydrogen-bond donors (Lipinski definition) is 1. The van der Waals surface area contributed by atoms with Gasteiger partial charge in [-0.05, 0) is 37.5 Å². The van der Waals surface area contributed by atoms with Gasteiger partial charge >= 0.3 is 0 Å². The molecule has 1 aliphatic heterocycles. The standard InChI is InChI=1S/C18H31N3/c1-3-20(4-2)14-11-19-12-15-21-13-10-18(16-21)17-8-6-5-7-9-17/h5-9,18-19H,3-4,10-16H2,1-2H3. The van der Waals surface area contributed by atoms with E-state index in [1.54, 1.807) is 0 Å². The molecule has 0 radical (unpaired) electrons. The average molecular weight is 289 g/mol. The first-order valence-corrected chi connectivity index (χ1v) is 8.53. The van der Waals surface area contributed by atoms with Crippen molar-refractivity contribution >= 4 is 0 Å². The van der Waals surface area contributed by atoms with E-state index >= 15 is 0 Å². The Labute approximate surface area is 130 Å². The number of likely N-dealkylation sites (tertiary alicyclic amines) is 1. The highest BCUT2D eigenvalue weighted by Crippen LogP contribution is 2.26. The first kappa shape index (κ1) is 16.5. The zero-order valence-electron chi connectivity index (χ0n) is 13.7. The number of benzene rings is 1. The Kier molecular flexibility index (Phi) is 7.20. The monoisotopic (exact) mass is 289 g/mol. The third-order valence-corrected chi connectivity index (χ3v) is 4.65. The van der Waals surface area contributed by atoms with Crippen molar-refractivity contribution in [3.8, 4) is 0 Å². The Morgan fingerprint density at radius 3 is 2.62 bits per heavy atom. The van der Waals surface area contributed by atoms with Crippen molar-refractivity contribution in [2.24, 2.45) is 0 Å². The molecule has 1 N–H and O–H groups in total. The molecule has 0 spiro atoms.